The van der Waals surface area contributed by atoms with E-state index in [1.54, 1.807) is 22.7 Å². The topological polar surface area (TPSA) is 12.9 Å². The molecule has 14 heavy (non-hydrogen) atoms. The molecular formula is C11H13NS2. The Labute approximate surface area is 92.4 Å². The molecule has 2 heterocycles. The summed E-state index contributed by atoms with van der Waals surface area (Å²) in [4.78, 5) is 4.65. The molecule has 2 rings (SSSR count). The Morgan fingerprint density at radius 2 is 2.00 bits per heavy atom. The van der Waals surface area contributed by atoms with E-state index in [2.05, 4.69) is 48.0 Å². The van der Waals surface area contributed by atoms with Gasteiger partial charge in [-0.3, -0.25) is 0 Å². The molecule has 0 spiro atoms. The minimum atomic E-state index is 0.158. The zero-order chi connectivity index (χ0) is 10.2. The molecule has 0 saturated carbocycles. The summed E-state index contributed by atoms with van der Waals surface area (Å²) in [6, 6.07) is 2.12. The van der Waals surface area contributed by atoms with E-state index in [4.69, 9.17) is 0 Å². The summed E-state index contributed by atoms with van der Waals surface area (Å²) in [5.41, 5.74) is 2.59. The molecule has 0 aliphatic carbocycles. The van der Waals surface area contributed by atoms with Crippen LogP contribution >= 0.6 is 22.7 Å². The fourth-order valence-corrected chi connectivity index (χ4v) is 2.90. The lowest BCUT2D eigenvalue weighted by atomic mass is 9.93. The zero-order valence-corrected chi connectivity index (χ0v) is 10.2. The minimum Gasteiger partial charge on any atom is -0.241 e. The molecule has 0 aliphatic rings. The van der Waals surface area contributed by atoms with E-state index in [0.717, 1.165) is 5.01 Å². The van der Waals surface area contributed by atoms with Gasteiger partial charge in [-0.05, 0) is 11.4 Å². The molecule has 0 aromatic carbocycles. The summed E-state index contributed by atoms with van der Waals surface area (Å²) >= 11 is 3.45. The van der Waals surface area contributed by atoms with Crippen LogP contribution in [0.4, 0.5) is 0 Å². The third-order valence-electron chi connectivity index (χ3n) is 2.04. The van der Waals surface area contributed by atoms with Crippen molar-refractivity contribution in [2.24, 2.45) is 0 Å². The first-order chi connectivity index (χ1) is 6.57. The third-order valence-corrected chi connectivity index (χ3v) is 3.62. The van der Waals surface area contributed by atoms with E-state index in [0.29, 0.717) is 0 Å². The molecule has 0 aliphatic heterocycles. The van der Waals surface area contributed by atoms with Gasteiger partial charge in [0.05, 0.1) is 5.69 Å². The van der Waals surface area contributed by atoms with Gasteiger partial charge in [-0.25, -0.2) is 4.98 Å². The summed E-state index contributed by atoms with van der Waals surface area (Å²) < 4.78 is 0. The fourth-order valence-electron chi connectivity index (χ4n) is 1.14. The van der Waals surface area contributed by atoms with Crippen LogP contribution in [0.25, 0.3) is 10.6 Å². The molecule has 0 amide bonds. The highest BCUT2D eigenvalue weighted by Crippen LogP contribution is 2.30. The molecule has 0 radical (unpaired) electrons. The van der Waals surface area contributed by atoms with E-state index in [1.165, 1.54) is 11.3 Å². The van der Waals surface area contributed by atoms with Crippen LogP contribution in [-0.2, 0) is 5.41 Å². The van der Waals surface area contributed by atoms with Crippen molar-refractivity contribution in [1.82, 2.24) is 4.98 Å². The zero-order valence-electron chi connectivity index (χ0n) is 8.57. The first kappa shape index (κ1) is 9.87. The Morgan fingerprint density at radius 1 is 1.21 bits per heavy atom. The van der Waals surface area contributed by atoms with Gasteiger partial charge >= 0.3 is 0 Å². The largest absolute Gasteiger partial charge is 0.241 e. The van der Waals surface area contributed by atoms with Gasteiger partial charge < -0.3 is 0 Å². The summed E-state index contributed by atoms with van der Waals surface area (Å²) in [5.74, 6) is 0. The average molecular weight is 223 g/mol. The van der Waals surface area contributed by atoms with Gasteiger partial charge in [-0.2, -0.15) is 11.3 Å². The van der Waals surface area contributed by atoms with Gasteiger partial charge in [0.2, 0.25) is 0 Å². The number of aromatic nitrogens is 1. The minimum absolute atomic E-state index is 0.158. The quantitative estimate of drug-likeness (QED) is 0.707. The molecule has 0 unspecified atom stereocenters. The average Bonchev–Trinajstić information content (AvgIpc) is 2.73. The summed E-state index contributed by atoms with van der Waals surface area (Å²) in [6.07, 6.45) is 0. The molecular weight excluding hydrogens is 210 g/mol. The predicted molar refractivity (Wildman–Crippen MR) is 64.1 cm³/mol. The molecule has 2 aromatic heterocycles. The molecule has 1 nitrogen and oxygen atoms in total. The van der Waals surface area contributed by atoms with E-state index in [1.807, 2.05) is 0 Å². The van der Waals surface area contributed by atoms with E-state index in [9.17, 15) is 0 Å². The van der Waals surface area contributed by atoms with Crippen LogP contribution in [-0.4, -0.2) is 4.98 Å². The number of hydrogen-bond donors (Lipinski definition) is 0. The maximum absolute atomic E-state index is 4.65. The molecule has 0 fully saturated rings. The van der Waals surface area contributed by atoms with Crippen LogP contribution in [0.5, 0.6) is 0 Å². The second kappa shape index (κ2) is 3.48. The van der Waals surface area contributed by atoms with Gasteiger partial charge in [-0.15, -0.1) is 11.3 Å². The molecule has 0 N–H and O–H groups in total. The van der Waals surface area contributed by atoms with Crippen molar-refractivity contribution in [1.29, 1.82) is 0 Å². The van der Waals surface area contributed by atoms with E-state index < -0.39 is 0 Å². The van der Waals surface area contributed by atoms with E-state index >= 15 is 0 Å². The summed E-state index contributed by atoms with van der Waals surface area (Å²) in [5, 5.41) is 7.53. The highest BCUT2D eigenvalue weighted by atomic mass is 32.1. The van der Waals surface area contributed by atoms with Crippen LogP contribution in [0.3, 0.4) is 0 Å². The second-order valence-corrected chi connectivity index (χ2v) is 5.94. The van der Waals surface area contributed by atoms with Crippen molar-refractivity contribution < 1.29 is 0 Å². The maximum Gasteiger partial charge on any atom is 0.124 e. The van der Waals surface area contributed by atoms with Gasteiger partial charge in [-0.1, -0.05) is 20.8 Å². The maximum atomic E-state index is 4.65. The van der Waals surface area contributed by atoms with Gasteiger partial charge in [0.15, 0.2) is 0 Å². The molecule has 0 saturated heterocycles. The van der Waals surface area contributed by atoms with Gasteiger partial charge in [0.1, 0.15) is 5.01 Å². The normalized spacial score (nSPS) is 11.9. The second-order valence-electron chi connectivity index (χ2n) is 4.30. The first-order valence-electron chi connectivity index (χ1n) is 4.56. The lowest BCUT2D eigenvalue weighted by Gasteiger charge is -2.14. The van der Waals surface area contributed by atoms with Crippen molar-refractivity contribution in [2.45, 2.75) is 26.2 Å². The molecule has 3 heteroatoms. The highest BCUT2D eigenvalue weighted by Gasteiger charge is 2.17. The van der Waals surface area contributed by atoms with Crippen molar-refractivity contribution >= 4 is 22.7 Å². The Hall–Kier alpha value is -0.670. The van der Waals surface area contributed by atoms with Crippen molar-refractivity contribution in [3.63, 3.8) is 0 Å². The van der Waals surface area contributed by atoms with Crippen LogP contribution < -0.4 is 0 Å². The molecule has 0 bridgehead atoms. The van der Waals surface area contributed by atoms with Gasteiger partial charge in [0.25, 0.3) is 0 Å². The summed E-state index contributed by atoms with van der Waals surface area (Å²) in [6.45, 7) is 6.58. The predicted octanol–water partition coefficient (Wildman–Crippen LogP) is 4.17. The number of nitrogens with zero attached hydrogens (tertiary/aromatic N) is 1. The molecule has 74 valence electrons. The van der Waals surface area contributed by atoms with Crippen LogP contribution in [0, 0.1) is 0 Å². The third kappa shape index (κ3) is 1.88. The molecule has 0 atom stereocenters. The highest BCUT2D eigenvalue weighted by molar-refractivity contribution is 7.14. The van der Waals surface area contributed by atoms with Crippen LogP contribution in [0.1, 0.15) is 26.5 Å². The smallest absolute Gasteiger partial charge is 0.124 e. The van der Waals surface area contributed by atoms with Crippen molar-refractivity contribution in [3.8, 4) is 10.6 Å². The van der Waals surface area contributed by atoms with Crippen molar-refractivity contribution in [2.75, 3.05) is 0 Å². The number of thiophene rings is 1. The van der Waals surface area contributed by atoms with Crippen LogP contribution in [0.15, 0.2) is 22.2 Å². The van der Waals surface area contributed by atoms with Crippen molar-refractivity contribution in [3.05, 3.63) is 27.9 Å². The Bertz CT molecular complexity index is 407. The molecule has 2 aromatic rings. The summed E-state index contributed by atoms with van der Waals surface area (Å²) in [7, 11) is 0. The Morgan fingerprint density at radius 3 is 2.50 bits per heavy atom. The number of rotatable bonds is 1. The lowest BCUT2D eigenvalue weighted by Crippen LogP contribution is -2.11. The van der Waals surface area contributed by atoms with Gasteiger partial charge in [0, 0.05) is 21.7 Å². The number of thiazole rings is 1. The number of hydrogen-bond acceptors (Lipinski definition) is 3. The monoisotopic (exact) mass is 223 g/mol. The Kier molecular flexibility index (Phi) is 2.45. The SMILES string of the molecule is CC(C)(C)c1csc(-c2ccsc2)n1. The fraction of sp³-hybridized carbons (Fsp3) is 0.364. The van der Waals surface area contributed by atoms with Crippen LogP contribution in [0.2, 0.25) is 0 Å². The lowest BCUT2D eigenvalue weighted by molar-refractivity contribution is 0.573. The standard InChI is InChI=1S/C11H13NS2/c1-11(2,3)9-7-14-10(12-9)8-4-5-13-6-8/h4-7H,1-3H3. The Balaban J connectivity index is 2.36. The van der Waals surface area contributed by atoms with E-state index in [-0.39, 0.29) is 5.41 Å². The first-order valence-corrected chi connectivity index (χ1v) is 6.38.